The van der Waals surface area contributed by atoms with Crippen molar-refractivity contribution in [1.29, 1.82) is 0 Å². The number of carbonyl (C=O) groups excluding carboxylic acids is 1. The molecule has 0 spiro atoms. The fourth-order valence-corrected chi connectivity index (χ4v) is 2.16. The zero-order valence-electron chi connectivity index (χ0n) is 10.1. The number of thiazole rings is 1. The summed E-state index contributed by atoms with van der Waals surface area (Å²) in [5, 5.41) is 11.5. The summed E-state index contributed by atoms with van der Waals surface area (Å²) >= 11 is 1.46. The molecule has 0 bridgehead atoms. The molecule has 1 amide bonds. The highest BCUT2D eigenvalue weighted by Gasteiger charge is 2.11. The van der Waals surface area contributed by atoms with Gasteiger partial charge in [-0.3, -0.25) is 4.79 Å². The lowest BCUT2D eigenvalue weighted by Crippen LogP contribution is -2.23. The molecule has 0 aliphatic heterocycles. The third-order valence-corrected chi connectivity index (χ3v) is 3.43. The van der Waals surface area contributed by atoms with Gasteiger partial charge < -0.3 is 10.4 Å². The van der Waals surface area contributed by atoms with E-state index in [4.69, 9.17) is 5.11 Å². The minimum Gasteiger partial charge on any atom is -0.477 e. The molecule has 2 aromatic rings. The zero-order chi connectivity index (χ0) is 13.8. The van der Waals surface area contributed by atoms with Crippen molar-refractivity contribution < 1.29 is 14.7 Å². The number of rotatable bonds is 4. The lowest BCUT2D eigenvalue weighted by Gasteiger charge is -2.04. The van der Waals surface area contributed by atoms with Gasteiger partial charge in [0.1, 0.15) is 5.69 Å². The van der Waals surface area contributed by atoms with Crippen molar-refractivity contribution in [3.05, 3.63) is 45.7 Å². The zero-order valence-corrected chi connectivity index (χ0v) is 10.9. The third-order valence-electron chi connectivity index (χ3n) is 2.50. The van der Waals surface area contributed by atoms with Gasteiger partial charge in [0.2, 0.25) is 0 Å². The number of aryl methyl sites for hydroxylation is 1. The second-order valence-corrected chi connectivity index (χ2v) is 4.72. The molecule has 0 aliphatic rings. The predicted octanol–water partition coefficient (Wildman–Crippen LogP) is 1.47. The first-order chi connectivity index (χ1) is 9.08. The van der Waals surface area contributed by atoms with E-state index in [0.29, 0.717) is 6.54 Å². The van der Waals surface area contributed by atoms with Crippen LogP contribution >= 0.6 is 11.3 Å². The largest absolute Gasteiger partial charge is 0.477 e. The number of hydrogen-bond donors (Lipinski definition) is 2. The van der Waals surface area contributed by atoms with Crippen LogP contribution in [0.3, 0.4) is 0 Å². The summed E-state index contributed by atoms with van der Waals surface area (Å²) in [6, 6.07) is 2.72. The highest BCUT2D eigenvalue weighted by atomic mass is 32.1. The molecule has 0 aromatic carbocycles. The average molecular weight is 277 g/mol. The number of carboxylic acids is 1. The molecule has 2 rings (SSSR count). The van der Waals surface area contributed by atoms with Crippen LogP contribution in [0.1, 0.15) is 31.4 Å². The Morgan fingerprint density at radius 1 is 1.42 bits per heavy atom. The molecule has 7 heteroatoms. The van der Waals surface area contributed by atoms with Crippen LogP contribution in [-0.4, -0.2) is 27.0 Å². The van der Waals surface area contributed by atoms with Crippen LogP contribution in [0.4, 0.5) is 0 Å². The Morgan fingerprint density at radius 2 is 2.21 bits per heavy atom. The van der Waals surface area contributed by atoms with Crippen molar-refractivity contribution in [3.63, 3.8) is 0 Å². The predicted molar refractivity (Wildman–Crippen MR) is 69.2 cm³/mol. The number of amides is 1. The van der Waals surface area contributed by atoms with Crippen LogP contribution in [-0.2, 0) is 6.54 Å². The molecule has 6 nitrogen and oxygen atoms in total. The number of aromatic carboxylic acids is 1. The lowest BCUT2D eigenvalue weighted by atomic mass is 10.2. The van der Waals surface area contributed by atoms with Gasteiger partial charge in [-0.25, -0.2) is 14.8 Å². The molecule has 0 saturated heterocycles. The van der Waals surface area contributed by atoms with Crippen molar-refractivity contribution in [3.8, 4) is 0 Å². The van der Waals surface area contributed by atoms with Crippen molar-refractivity contribution in [2.24, 2.45) is 0 Å². The fraction of sp³-hybridized carbons (Fsp3) is 0.167. The summed E-state index contributed by atoms with van der Waals surface area (Å²) in [4.78, 5) is 31.4. The quantitative estimate of drug-likeness (QED) is 0.883. The Hall–Kier alpha value is -2.28. The van der Waals surface area contributed by atoms with E-state index in [2.05, 4.69) is 15.3 Å². The van der Waals surface area contributed by atoms with Gasteiger partial charge in [0, 0.05) is 16.6 Å². The van der Waals surface area contributed by atoms with Crippen LogP contribution in [0.5, 0.6) is 0 Å². The summed E-state index contributed by atoms with van der Waals surface area (Å²) in [5.74, 6) is -1.49. The topological polar surface area (TPSA) is 92.2 Å². The first-order valence-electron chi connectivity index (χ1n) is 5.44. The number of hydrogen-bond acceptors (Lipinski definition) is 5. The summed E-state index contributed by atoms with van der Waals surface area (Å²) in [5.41, 5.74) is 2.72. The van der Waals surface area contributed by atoms with Crippen LogP contribution in [0.15, 0.2) is 23.8 Å². The van der Waals surface area contributed by atoms with Gasteiger partial charge in [-0.05, 0) is 19.1 Å². The normalized spacial score (nSPS) is 10.2. The monoisotopic (exact) mass is 277 g/mol. The van der Waals surface area contributed by atoms with Crippen LogP contribution in [0.25, 0.3) is 0 Å². The summed E-state index contributed by atoms with van der Waals surface area (Å²) < 4.78 is 0. The second kappa shape index (κ2) is 5.57. The smallest absolute Gasteiger partial charge is 0.354 e. The maximum Gasteiger partial charge on any atom is 0.354 e. The number of pyridine rings is 1. The molecule has 2 N–H and O–H groups in total. The number of nitrogens with zero attached hydrogens (tertiary/aromatic N) is 2. The van der Waals surface area contributed by atoms with Crippen LogP contribution in [0.2, 0.25) is 0 Å². The molecule has 0 fully saturated rings. The molecule has 2 heterocycles. The Kier molecular flexibility index (Phi) is 3.86. The van der Waals surface area contributed by atoms with Crippen molar-refractivity contribution in [2.45, 2.75) is 13.5 Å². The first kappa shape index (κ1) is 13.2. The molecular weight excluding hydrogens is 266 g/mol. The van der Waals surface area contributed by atoms with E-state index in [1.807, 2.05) is 6.92 Å². The minimum absolute atomic E-state index is 0.151. The highest BCUT2D eigenvalue weighted by molar-refractivity contribution is 7.09. The number of carboxylic acid groups (broad SMARTS) is 1. The average Bonchev–Trinajstić information content (AvgIpc) is 2.81. The van der Waals surface area contributed by atoms with Gasteiger partial charge in [0.15, 0.2) is 0 Å². The molecule has 19 heavy (non-hydrogen) atoms. The number of nitrogens with one attached hydrogen (secondary N) is 1. The maximum absolute atomic E-state index is 11.9. The van der Waals surface area contributed by atoms with E-state index in [0.717, 1.165) is 10.6 Å². The van der Waals surface area contributed by atoms with Crippen LogP contribution < -0.4 is 5.32 Å². The standard InChI is InChI=1S/C12H11N3O3S/c1-7-10(19-6-15-7)5-14-11(16)8-2-3-13-9(4-8)12(17)18/h2-4,6H,5H2,1H3,(H,14,16)(H,17,18). The van der Waals surface area contributed by atoms with E-state index in [1.165, 1.54) is 29.7 Å². The fourth-order valence-electron chi connectivity index (χ4n) is 1.45. The van der Waals surface area contributed by atoms with Crippen molar-refractivity contribution in [2.75, 3.05) is 0 Å². The van der Waals surface area contributed by atoms with Crippen LogP contribution in [0, 0.1) is 6.92 Å². The molecule has 0 aliphatic carbocycles. The Balaban J connectivity index is 2.06. The molecule has 2 aromatic heterocycles. The summed E-state index contributed by atoms with van der Waals surface area (Å²) in [6.07, 6.45) is 1.30. The Morgan fingerprint density at radius 3 is 2.84 bits per heavy atom. The van der Waals surface area contributed by atoms with Crippen molar-refractivity contribution in [1.82, 2.24) is 15.3 Å². The Bertz CT molecular complexity index is 624. The van der Waals surface area contributed by atoms with Gasteiger partial charge in [-0.1, -0.05) is 0 Å². The molecule has 0 saturated carbocycles. The molecule has 0 radical (unpaired) electrons. The number of aromatic nitrogens is 2. The number of carbonyl (C=O) groups is 2. The van der Waals surface area contributed by atoms with Gasteiger partial charge >= 0.3 is 5.97 Å². The van der Waals surface area contributed by atoms with E-state index in [-0.39, 0.29) is 17.2 Å². The molecule has 0 atom stereocenters. The molecular formula is C12H11N3O3S. The van der Waals surface area contributed by atoms with E-state index in [1.54, 1.807) is 5.51 Å². The van der Waals surface area contributed by atoms with Crippen molar-refractivity contribution >= 4 is 23.2 Å². The minimum atomic E-state index is -1.16. The van der Waals surface area contributed by atoms with E-state index < -0.39 is 5.97 Å². The van der Waals surface area contributed by atoms with E-state index >= 15 is 0 Å². The first-order valence-corrected chi connectivity index (χ1v) is 6.32. The van der Waals surface area contributed by atoms with Gasteiger partial charge in [-0.15, -0.1) is 11.3 Å². The van der Waals surface area contributed by atoms with Gasteiger partial charge in [0.05, 0.1) is 17.7 Å². The lowest BCUT2D eigenvalue weighted by molar-refractivity contribution is 0.0690. The second-order valence-electron chi connectivity index (χ2n) is 3.78. The summed E-state index contributed by atoms with van der Waals surface area (Å²) in [6.45, 7) is 2.24. The third kappa shape index (κ3) is 3.14. The Labute approximate surface area is 113 Å². The summed E-state index contributed by atoms with van der Waals surface area (Å²) in [7, 11) is 0. The maximum atomic E-state index is 11.9. The highest BCUT2D eigenvalue weighted by Crippen LogP contribution is 2.11. The van der Waals surface area contributed by atoms with Gasteiger partial charge in [0.25, 0.3) is 5.91 Å². The molecule has 0 unspecified atom stereocenters. The van der Waals surface area contributed by atoms with Gasteiger partial charge in [-0.2, -0.15) is 0 Å². The molecule has 98 valence electrons. The van der Waals surface area contributed by atoms with E-state index in [9.17, 15) is 9.59 Å². The SMILES string of the molecule is Cc1ncsc1CNC(=O)c1ccnc(C(=O)O)c1.